The Morgan fingerprint density at radius 1 is 1.47 bits per heavy atom. The fraction of sp³-hybridized carbons (Fsp3) is 0.615. The lowest BCUT2D eigenvalue weighted by atomic mass is 10.1. The van der Waals surface area contributed by atoms with Gasteiger partial charge >= 0.3 is 5.97 Å². The van der Waals surface area contributed by atoms with Crippen LogP contribution in [0.3, 0.4) is 0 Å². The standard InChI is InChI=1S/C13H19N3O3/c1-4-19-13(17)9-7(2)15-12(16-11(9)14)10(18-3)8-5-6-8/h8,10H,4-6H2,1-3H3,(H2,14,15,16). The van der Waals surface area contributed by atoms with E-state index >= 15 is 0 Å². The zero-order valence-corrected chi connectivity index (χ0v) is 11.5. The van der Waals surface area contributed by atoms with Crippen molar-refractivity contribution in [2.24, 2.45) is 5.92 Å². The SMILES string of the molecule is CCOC(=O)c1c(C)nc(C(OC)C2CC2)nc1N. The van der Waals surface area contributed by atoms with Gasteiger partial charge < -0.3 is 15.2 Å². The lowest BCUT2D eigenvalue weighted by molar-refractivity contribution is 0.0524. The predicted molar refractivity (Wildman–Crippen MR) is 69.6 cm³/mol. The zero-order chi connectivity index (χ0) is 14.0. The molecule has 1 fully saturated rings. The van der Waals surface area contributed by atoms with E-state index in [0.29, 0.717) is 24.0 Å². The second-order valence-electron chi connectivity index (χ2n) is 4.64. The zero-order valence-electron chi connectivity index (χ0n) is 11.5. The highest BCUT2D eigenvalue weighted by molar-refractivity contribution is 5.95. The lowest BCUT2D eigenvalue weighted by Gasteiger charge is -2.15. The van der Waals surface area contributed by atoms with Gasteiger partial charge in [0, 0.05) is 7.11 Å². The van der Waals surface area contributed by atoms with Crippen molar-refractivity contribution in [1.82, 2.24) is 9.97 Å². The fourth-order valence-corrected chi connectivity index (χ4v) is 2.11. The van der Waals surface area contributed by atoms with Crippen LogP contribution in [0.25, 0.3) is 0 Å². The molecule has 2 N–H and O–H groups in total. The number of esters is 1. The van der Waals surface area contributed by atoms with Crippen molar-refractivity contribution in [1.29, 1.82) is 0 Å². The van der Waals surface area contributed by atoms with Crippen molar-refractivity contribution in [3.05, 3.63) is 17.1 Å². The molecule has 1 aliphatic rings. The Morgan fingerprint density at radius 3 is 2.63 bits per heavy atom. The van der Waals surface area contributed by atoms with Crippen LogP contribution in [0.5, 0.6) is 0 Å². The van der Waals surface area contributed by atoms with E-state index in [4.69, 9.17) is 15.2 Å². The molecule has 1 aromatic rings. The van der Waals surface area contributed by atoms with Gasteiger partial charge in [-0.1, -0.05) is 0 Å². The molecule has 1 atom stereocenters. The van der Waals surface area contributed by atoms with Gasteiger partial charge in [-0.25, -0.2) is 14.8 Å². The topological polar surface area (TPSA) is 87.3 Å². The number of hydrogen-bond donors (Lipinski definition) is 1. The van der Waals surface area contributed by atoms with Gasteiger partial charge in [0.1, 0.15) is 17.5 Å². The molecule has 2 rings (SSSR count). The van der Waals surface area contributed by atoms with Gasteiger partial charge in [-0.05, 0) is 32.6 Å². The third-order valence-electron chi connectivity index (χ3n) is 3.17. The molecule has 0 spiro atoms. The number of nitrogens with two attached hydrogens (primary N) is 1. The third-order valence-corrected chi connectivity index (χ3v) is 3.17. The lowest BCUT2D eigenvalue weighted by Crippen LogP contribution is -2.17. The summed E-state index contributed by atoms with van der Waals surface area (Å²) in [6.45, 7) is 3.77. The number of carbonyl (C=O) groups excluding carboxylic acids is 1. The number of rotatable bonds is 5. The van der Waals surface area contributed by atoms with Crippen LogP contribution in [0, 0.1) is 12.8 Å². The number of aryl methyl sites for hydroxylation is 1. The Bertz CT molecular complexity index is 463. The Kier molecular flexibility index (Phi) is 3.99. The minimum Gasteiger partial charge on any atom is -0.462 e. The maximum Gasteiger partial charge on any atom is 0.343 e. The van der Waals surface area contributed by atoms with Gasteiger partial charge in [0.05, 0.1) is 12.3 Å². The molecule has 0 aliphatic heterocycles. The molecule has 6 nitrogen and oxygen atoms in total. The minimum absolute atomic E-state index is 0.141. The van der Waals surface area contributed by atoms with Crippen molar-refractivity contribution in [2.45, 2.75) is 32.8 Å². The Morgan fingerprint density at radius 2 is 2.16 bits per heavy atom. The van der Waals surface area contributed by atoms with Crippen molar-refractivity contribution in [2.75, 3.05) is 19.5 Å². The van der Waals surface area contributed by atoms with E-state index in [-0.39, 0.29) is 17.5 Å². The normalized spacial score (nSPS) is 16.2. The summed E-state index contributed by atoms with van der Waals surface area (Å²) in [6.07, 6.45) is 2.08. The molecule has 0 aromatic carbocycles. The average molecular weight is 265 g/mol. The molecule has 1 aliphatic carbocycles. The number of ether oxygens (including phenoxy) is 2. The van der Waals surface area contributed by atoms with E-state index in [9.17, 15) is 4.79 Å². The number of anilines is 1. The van der Waals surface area contributed by atoms with E-state index in [1.165, 1.54) is 0 Å². The van der Waals surface area contributed by atoms with Gasteiger partial charge in [-0.2, -0.15) is 0 Å². The summed E-state index contributed by atoms with van der Waals surface area (Å²) in [5.74, 6) is 0.679. The highest BCUT2D eigenvalue weighted by atomic mass is 16.5. The maximum atomic E-state index is 11.8. The molecule has 19 heavy (non-hydrogen) atoms. The molecule has 0 saturated heterocycles. The first-order valence-corrected chi connectivity index (χ1v) is 6.42. The van der Waals surface area contributed by atoms with Crippen molar-refractivity contribution >= 4 is 11.8 Å². The van der Waals surface area contributed by atoms with Gasteiger partial charge in [0.25, 0.3) is 0 Å². The number of hydrogen-bond acceptors (Lipinski definition) is 6. The molecular formula is C13H19N3O3. The second kappa shape index (κ2) is 5.52. The van der Waals surface area contributed by atoms with Crippen LogP contribution in [0.2, 0.25) is 0 Å². The van der Waals surface area contributed by atoms with Crippen LogP contribution in [0.4, 0.5) is 5.82 Å². The molecule has 104 valence electrons. The van der Waals surface area contributed by atoms with Crippen molar-refractivity contribution < 1.29 is 14.3 Å². The fourth-order valence-electron chi connectivity index (χ4n) is 2.11. The monoisotopic (exact) mass is 265 g/mol. The number of methoxy groups -OCH3 is 1. The molecule has 0 bridgehead atoms. The first-order valence-electron chi connectivity index (χ1n) is 6.42. The molecule has 1 heterocycles. The van der Waals surface area contributed by atoms with Crippen LogP contribution < -0.4 is 5.73 Å². The molecule has 1 unspecified atom stereocenters. The molecule has 1 aromatic heterocycles. The van der Waals surface area contributed by atoms with Crippen LogP contribution in [-0.4, -0.2) is 29.7 Å². The summed E-state index contributed by atoms with van der Waals surface area (Å²) >= 11 is 0. The van der Waals surface area contributed by atoms with E-state index in [0.717, 1.165) is 12.8 Å². The summed E-state index contributed by atoms with van der Waals surface area (Å²) in [7, 11) is 1.64. The summed E-state index contributed by atoms with van der Waals surface area (Å²) < 4.78 is 10.4. The number of aromatic nitrogens is 2. The van der Waals surface area contributed by atoms with Crippen LogP contribution in [-0.2, 0) is 9.47 Å². The number of nitrogen functional groups attached to an aromatic ring is 1. The summed E-state index contributed by atoms with van der Waals surface area (Å²) in [5.41, 5.74) is 6.64. The Balaban J connectivity index is 2.32. The highest BCUT2D eigenvalue weighted by Gasteiger charge is 2.35. The van der Waals surface area contributed by atoms with E-state index in [1.807, 2.05) is 0 Å². The number of carbonyl (C=O) groups is 1. The van der Waals surface area contributed by atoms with Gasteiger partial charge in [-0.3, -0.25) is 0 Å². The third kappa shape index (κ3) is 2.84. The molecule has 0 amide bonds. The van der Waals surface area contributed by atoms with Crippen LogP contribution in [0.1, 0.15) is 47.7 Å². The highest BCUT2D eigenvalue weighted by Crippen LogP contribution is 2.42. The molecule has 1 saturated carbocycles. The molecule has 0 radical (unpaired) electrons. The Hall–Kier alpha value is -1.69. The summed E-state index contributed by atoms with van der Waals surface area (Å²) in [4.78, 5) is 20.3. The molecular weight excluding hydrogens is 246 g/mol. The quantitative estimate of drug-likeness (QED) is 0.814. The maximum absolute atomic E-state index is 11.8. The number of nitrogens with zero attached hydrogens (tertiary/aromatic N) is 2. The largest absolute Gasteiger partial charge is 0.462 e. The first-order chi connectivity index (χ1) is 9.08. The summed E-state index contributed by atoms with van der Waals surface area (Å²) in [6, 6.07) is 0. The van der Waals surface area contributed by atoms with Crippen molar-refractivity contribution in [3.63, 3.8) is 0 Å². The van der Waals surface area contributed by atoms with Crippen LogP contribution >= 0.6 is 0 Å². The predicted octanol–water partition coefficient (Wildman–Crippen LogP) is 1.64. The minimum atomic E-state index is -0.482. The van der Waals surface area contributed by atoms with Crippen molar-refractivity contribution in [3.8, 4) is 0 Å². The smallest absolute Gasteiger partial charge is 0.343 e. The van der Waals surface area contributed by atoms with E-state index in [2.05, 4.69) is 9.97 Å². The Labute approximate surface area is 112 Å². The second-order valence-corrected chi connectivity index (χ2v) is 4.64. The van der Waals surface area contributed by atoms with Gasteiger partial charge in [-0.15, -0.1) is 0 Å². The van der Waals surface area contributed by atoms with Gasteiger partial charge in [0.15, 0.2) is 5.82 Å². The molecule has 6 heteroatoms. The van der Waals surface area contributed by atoms with E-state index in [1.54, 1.807) is 21.0 Å². The average Bonchev–Trinajstić information content (AvgIpc) is 3.14. The summed E-state index contributed by atoms with van der Waals surface area (Å²) in [5, 5.41) is 0. The van der Waals surface area contributed by atoms with Gasteiger partial charge in [0.2, 0.25) is 0 Å². The van der Waals surface area contributed by atoms with Crippen LogP contribution in [0.15, 0.2) is 0 Å². The first kappa shape index (κ1) is 13.7. The van der Waals surface area contributed by atoms with E-state index < -0.39 is 5.97 Å².